The van der Waals surface area contributed by atoms with E-state index in [0.717, 1.165) is 11.1 Å². The number of non-ortho nitro benzene ring substituents is 1. The van der Waals surface area contributed by atoms with E-state index in [2.05, 4.69) is 0 Å². The van der Waals surface area contributed by atoms with Gasteiger partial charge in [-0.3, -0.25) is 14.9 Å². The molecule has 1 fully saturated rings. The van der Waals surface area contributed by atoms with Crippen LogP contribution in [0.15, 0.2) is 53.4 Å². The first-order chi connectivity index (χ1) is 14.2. The number of sulfonamides is 1. The van der Waals surface area contributed by atoms with Crippen LogP contribution in [-0.2, 0) is 14.8 Å². The van der Waals surface area contributed by atoms with E-state index in [1.54, 1.807) is 35.2 Å². The number of nitrogens with zero attached hydrogens (tertiary/aromatic N) is 3. The van der Waals surface area contributed by atoms with Crippen LogP contribution in [0, 0.1) is 24.0 Å². The molecule has 1 aliphatic rings. The van der Waals surface area contributed by atoms with Crippen LogP contribution in [0.2, 0.25) is 0 Å². The zero-order valence-corrected chi connectivity index (χ0v) is 17.6. The Labute approximate surface area is 175 Å². The summed E-state index contributed by atoms with van der Waals surface area (Å²) in [6.07, 6.45) is 2.88. The Morgan fingerprint density at radius 1 is 1.03 bits per heavy atom. The molecule has 0 spiro atoms. The molecule has 3 rings (SSSR count). The lowest BCUT2D eigenvalue weighted by atomic mass is 10.1. The Morgan fingerprint density at radius 2 is 1.73 bits per heavy atom. The normalized spacial score (nSPS) is 15.5. The largest absolute Gasteiger partial charge is 0.337 e. The molecule has 0 aromatic heterocycles. The van der Waals surface area contributed by atoms with Crippen molar-refractivity contribution in [3.05, 3.63) is 75.3 Å². The van der Waals surface area contributed by atoms with E-state index in [-0.39, 0.29) is 42.7 Å². The fourth-order valence-electron chi connectivity index (χ4n) is 3.19. The number of carbonyl (C=O) groups is 1. The van der Waals surface area contributed by atoms with Crippen molar-refractivity contribution >= 4 is 27.7 Å². The monoisotopic (exact) mass is 429 g/mol. The number of hydrogen-bond donors (Lipinski definition) is 0. The number of benzene rings is 2. The average molecular weight is 429 g/mol. The summed E-state index contributed by atoms with van der Waals surface area (Å²) in [5.41, 5.74) is 2.44. The van der Waals surface area contributed by atoms with Gasteiger partial charge in [-0.1, -0.05) is 18.2 Å². The van der Waals surface area contributed by atoms with E-state index in [0.29, 0.717) is 5.56 Å². The molecule has 30 heavy (non-hydrogen) atoms. The third-order valence-electron chi connectivity index (χ3n) is 5.17. The van der Waals surface area contributed by atoms with Crippen LogP contribution in [0.1, 0.15) is 16.7 Å². The summed E-state index contributed by atoms with van der Waals surface area (Å²) >= 11 is 0. The minimum absolute atomic E-state index is 0.0465. The highest BCUT2D eigenvalue weighted by Gasteiger charge is 2.29. The van der Waals surface area contributed by atoms with Crippen LogP contribution in [0.25, 0.3) is 6.08 Å². The maximum absolute atomic E-state index is 12.9. The molecule has 9 heteroatoms. The summed E-state index contributed by atoms with van der Waals surface area (Å²) in [5, 5.41) is 10.8. The highest BCUT2D eigenvalue weighted by Crippen LogP contribution is 2.21. The molecule has 0 radical (unpaired) electrons. The van der Waals surface area contributed by atoms with Crippen molar-refractivity contribution in [2.24, 2.45) is 0 Å². The number of nitro benzene ring substituents is 1. The number of amides is 1. The van der Waals surface area contributed by atoms with Crippen molar-refractivity contribution in [1.29, 1.82) is 0 Å². The third-order valence-corrected chi connectivity index (χ3v) is 7.06. The summed E-state index contributed by atoms with van der Waals surface area (Å²) in [6, 6.07) is 11.1. The molecule has 0 saturated carbocycles. The zero-order valence-electron chi connectivity index (χ0n) is 16.8. The van der Waals surface area contributed by atoms with Crippen LogP contribution >= 0.6 is 0 Å². The number of carbonyl (C=O) groups excluding carboxylic acids is 1. The van der Waals surface area contributed by atoms with Crippen LogP contribution in [0.5, 0.6) is 0 Å². The Morgan fingerprint density at radius 3 is 2.37 bits per heavy atom. The maximum atomic E-state index is 12.9. The van der Waals surface area contributed by atoms with Gasteiger partial charge < -0.3 is 4.90 Å². The number of nitro groups is 1. The van der Waals surface area contributed by atoms with Gasteiger partial charge in [0.15, 0.2) is 0 Å². The van der Waals surface area contributed by atoms with Crippen LogP contribution in [-0.4, -0.2) is 54.6 Å². The minimum Gasteiger partial charge on any atom is -0.337 e. The Bertz CT molecular complexity index is 1100. The first-order valence-electron chi connectivity index (χ1n) is 9.47. The van der Waals surface area contributed by atoms with Gasteiger partial charge in [0.2, 0.25) is 15.9 Å². The predicted molar refractivity (Wildman–Crippen MR) is 113 cm³/mol. The molecule has 1 heterocycles. The molecule has 1 saturated heterocycles. The van der Waals surface area contributed by atoms with Gasteiger partial charge in [0.25, 0.3) is 5.69 Å². The van der Waals surface area contributed by atoms with Gasteiger partial charge in [-0.2, -0.15) is 4.31 Å². The minimum atomic E-state index is -3.61. The fraction of sp³-hybridized carbons (Fsp3) is 0.286. The lowest BCUT2D eigenvalue weighted by molar-refractivity contribution is -0.384. The van der Waals surface area contributed by atoms with Gasteiger partial charge in [0, 0.05) is 44.4 Å². The van der Waals surface area contributed by atoms with Crippen LogP contribution in [0.4, 0.5) is 5.69 Å². The molecular weight excluding hydrogens is 406 g/mol. The SMILES string of the molecule is Cc1ccc(S(=O)(=O)N2CCN(C(=O)C=Cc3cccc([N+](=O)[O-])c3)CC2)cc1C. The summed E-state index contributed by atoms with van der Waals surface area (Å²) in [6.45, 7) is 4.79. The van der Waals surface area contributed by atoms with Crippen LogP contribution < -0.4 is 0 Å². The molecule has 1 aliphatic heterocycles. The topological polar surface area (TPSA) is 101 Å². The highest BCUT2D eigenvalue weighted by atomic mass is 32.2. The Kier molecular flexibility index (Phi) is 6.33. The molecule has 1 amide bonds. The van der Waals surface area contributed by atoms with E-state index in [4.69, 9.17) is 0 Å². The van der Waals surface area contributed by atoms with E-state index in [9.17, 15) is 23.3 Å². The standard InChI is InChI=1S/C21H23N3O5S/c1-16-6-8-20(14-17(16)2)30(28,29)23-12-10-22(11-13-23)21(25)9-7-18-4-3-5-19(15-18)24(26)27/h3-9,14-15H,10-13H2,1-2H3. The predicted octanol–water partition coefficient (Wildman–Crippen LogP) is 2.76. The summed E-state index contributed by atoms with van der Waals surface area (Å²) in [4.78, 5) is 24.6. The fourth-order valence-corrected chi connectivity index (χ4v) is 4.70. The van der Waals surface area contributed by atoms with Crippen molar-refractivity contribution in [3.63, 3.8) is 0 Å². The van der Waals surface area contributed by atoms with Crippen LogP contribution in [0.3, 0.4) is 0 Å². The summed E-state index contributed by atoms with van der Waals surface area (Å²) in [7, 11) is -3.61. The number of piperazine rings is 1. The second-order valence-corrected chi connectivity index (χ2v) is 9.10. The van der Waals surface area contributed by atoms with Gasteiger partial charge in [0.1, 0.15) is 0 Å². The molecule has 0 N–H and O–H groups in total. The van der Waals surface area contributed by atoms with Crippen molar-refractivity contribution in [2.45, 2.75) is 18.7 Å². The molecule has 0 bridgehead atoms. The number of aryl methyl sites for hydroxylation is 2. The smallest absolute Gasteiger partial charge is 0.270 e. The quantitative estimate of drug-likeness (QED) is 0.413. The van der Waals surface area contributed by atoms with Gasteiger partial charge in [-0.25, -0.2) is 8.42 Å². The van der Waals surface area contributed by atoms with Gasteiger partial charge >= 0.3 is 0 Å². The molecule has 158 valence electrons. The zero-order chi connectivity index (χ0) is 21.9. The first-order valence-corrected chi connectivity index (χ1v) is 10.9. The molecule has 2 aromatic rings. The second kappa shape index (κ2) is 8.76. The highest BCUT2D eigenvalue weighted by molar-refractivity contribution is 7.89. The van der Waals surface area contributed by atoms with Gasteiger partial charge in [-0.15, -0.1) is 0 Å². The summed E-state index contributed by atoms with van der Waals surface area (Å²) < 4.78 is 27.2. The van der Waals surface area contributed by atoms with Gasteiger partial charge in [-0.05, 0) is 48.7 Å². The lowest BCUT2D eigenvalue weighted by Gasteiger charge is -2.33. The lowest BCUT2D eigenvalue weighted by Crippen LogP contribution is -2.50. The average Bonchev–Trinajstić information content (AvgIpc) is 2.74. The Balaban J connectivity index is 1.63. The van der Waals surface area contributed by atoms with E-state index < -0.39 is 14.9 Å². The maximum Gasteiger partial charge on any atom is 0.270 e. The molecule has 0 aliphatic carbocycles. The van der Waals surface area contributed by atoms with E-state index in [1.165, 1.54) is 28.6 Å². The second-order valence-electron chi connectivity index (χ2n) is 7.16. The summed E-state index contributed by atoms with van der Waals surface area (Å²) in [5.74, 6) is -0.260. The third kappa shape index (κ3) is 4.74. The number of rotatable bonds is 5. The molecule has 2 aromatic carbocycles. The van der Waals surface area contributed by atoms with E-state index >= 15 is 0 Å². The van der Waals surface area contributed by atoms with Crippen molar-refractivity contribution < 1.29 is 18.1 Å². The molecule has 8 nitrogen and oxygen atoms in total. The van der Waals surface area contributed by atoms with E-state index in [1.807, 2.05) is 13.8 Å². The molecule has 0 atom stereocenters. The van der Waals surface area contributed by atoms with Crippen molar-refractivity contribution in [2.75, 3.05) is 26.2 Å². The van der Waals surface area contributed by atoms with Gasteiger partial charge in [0.05, 0.1) is 9.82 Å². The van der Waals surface area contributed by atoms with Crippen molar-refractivity contribution in [3.8, 4) is 0 Å². The molecular formula is C21H23N3O5S. The Hall–Kier alpha value is -3.04. The first kappa shape index (κ1) is 21.7. The number of hydrogen-bond acceptors (Lipinski definition) is 5. The molecule has 0 unspecified atom stereocenters. The van der Waals surface area contributed by atoms with Crippen molar-refractivity contribution in [1.82, 2.24) is 9.21 Å².